The normalized spacial score (nSPS) is 12.7. The van der Waals surface area contributed by atoms with Crippen molar-refractivity contribution in [1.29, 1.82) is 0 Å². The molecule has 10 heteroatoms. The summed E-state index contributed by atoms with van der Waals surface area (Å²) in [5.74, 6) is -0.976. The van der Waals surface area contributed by atoms with Crippen LogP contribution in [0.5, 0.6) is 0 Å². The lowest BCUT2D eigenvalue weighted by Crippen LogP contribution is -2.20. The minimum absolute atomic E-state index is 0.249. The van der Waals surface area contributed by atoms with Crippen LogP contribution in [0.1, 0.15) is 29.7 Å². The molecule has 4 aromatic rings. The van der Waals surface area contributed by atoms with Gasteiger partial charge < -0.3 is 9.88 Å². The Balaban J connectivity index is 1.88. The Hall–Kier alpha value is -3.27. The summed E-state index contributed by atoms with van der Waals surface area (Å²) in [6, 6.07) is 7.23. The van der Waals surface area contributed by atoms with E-state index in [0.29, 0.717) is 38.4 Å². The van der Waals surface area contributed by atoms with Gasteiger partial charge in [0.05, 0.1) is 11.3 Å². The molecule has 0 aliphatic rings. The smallest absolute Gasteiger partial charge is 0.378 e. The van der Waals surface area contributed by atoms with Crippen molar-refractivity contribution >= 4 is 32.4 Å². The molecule has 0 aliphatic heterocycles. The minimum Gasteiger partial charge on any atom is -0.378 e. The second-order valence-electron chi connectivity index (χ2n) is 8.00. The number of pyridine rings is 1. The second-order valence-corrected chi connectivity index (χ2v) is 8.71. The van der Waals surface area contributed by atoms with Gasteiger partial charge in [0.25, 0.3) is 5.56 Å². The summed E-state index contributed by atoms with van der Waals surface area (Å²) >= 11 is 3.18. The van der Waals surface area contributed by atoms with Crippen molar-refractivity contribution in [2.75, 3.05) is 5.32 Å². The number of nitrogens with one attached hydrogen (secondary N) is 1. The predicted molar refractivity (Wildman–Crippen MR) is 126 cm³/mol. The molecule has 1 atom stereocenters. The first-order valence-electron chi connectivity index (χ1n) is 10.2. The van der Waals surface area contributed by atoms with Crippen molar-refractivity contribution in [3.63, 3.8) is 0 Å². The highest BCUT2D eigenvalue weighted by Crippen LogP contribution is 2.37. The standard InChI is InChI=1S/C24H19BrF4N4O/c1-12-6-16(13(2)32-20-5-4-15(26)8-19(20)24(27,28)29)17-9-21(14-10-30-23(25)31-11-14)33(3)22(34)18(17)7-12/h4-11,13,32H,1-3H3/t13-/m1/s1. The van der Waals surface area contributed by atoms with E-state index in [2.05, 4.69) is 31.2 Å². The maximum Gasteiger partial charge on any atom is 0.418 e. The fraction of sp³-hybridized carbons (Fsp3) is 0.208. The molecular formula is C24H19BrF4N4O. The number of alkyl halides is 3. The Morgan fingerprint density at radius 3 is 2.38 bits per heavy atom. The van der Waals surface area contributed by atoms with Crippen LogP contribution in [0.3, 0.4) is 0 Å². The first-order chi connectivity index (χ1) is 16.0. The van der Waals surface area contributed by atoms with E-state index in [1.54, 1.807) is 38.5 Å². The molecule has 2 aromatic heterocycles. The lowest BCUT2D eigenvalue weighted by molar-refractivity contribution is -0.137. The molecule has 34 heavy (non-hydrogen) atoms. The summed E-state index contributed by atoms with van der Waals surface area (Å²) in [5.41, 5.74) is 0.967. The van der Waals surface area contributed by atoms with E-state index in [9.17, 15) is 22.4 Å². The van der Waals surface area contributed by atoms with Crippen molar-refractivity contribution in [1.82, 2.24) is 14.5 Å². The van der Waals surface area contributed by atoms with Crippen LogP contribution in [0.15, 0.2) is 58.3 Å². The number of aromatic nitrogens is 3. The summed E-state index contributed by atoms with van der Waals surface area (Å²) in [4.78, 5) is 21.4. The van der Waals surface area contributed by atoms with Gasteiger partial charge in [-0.15, -0.1) is 0 Å². The van der Waals surface area contributed by atoms with Crippen LogP contribution >= 0.6 is 15.9 Å². The fourth-order valence-corrected chi connectivity index (χ4v) is 4.16. The minimum atomic E-state index is -4.73. The summed E-state index contributed by atoms with van der Waals surface area (Å²) in [5, 5.41) is 3.87. The van der Waals surface area contributed by atoms with Crippen molar-refractivity contribution < 1.29 is 17.6 Å². The second kappa shape index (κ2) is 8.83. The molecule has 0 bridgehead atoms. The Bertz CT molecular complexity index is 1450. The van der Waals surface area contributed by atoms with Gasteiger partial charge in [0.1, 0.15) is 5.82 Å². The molecule has 0 fully saturated rings. The quantitative estimate of drug-likeness (QED) is 0.243. The van der Waals surface area contributed by atoms with Crippen LogP contribution in [0.2, 0.25) is 0 Å². The van der Waals surface area contributed by atoms with Crippen molar-refractivity contribution in [3.05, 3.63) is 86.4 Å². The van der Waals surface area contributed by atoms with Crippen molar-refractivity contribution in [2.24, 2.45) is 7.05 Å². The first-order valence-corrected chi connectivity index (χ1v) is 11.0. The van der Waals surface area contributed by atoms with Gasteiger partial charge in [-0.1, -0.05) is 6.07 Å². The molecule has 0 radical (unpaired) electrons. The average Bonchev–Trinajstić information content (AvgIpc) is 2.77. The lowest BCUT2D eigenvalue weighted by atomic mass is 9.96. The van der Waals surface area contributed by atoms with Crippen LogP contribution in [0, 0.1) is 12.7 Å². The van der Waals surface area contributed by atoms with Gasteiger partial charge in [0.2, 0.25) is 0 Å². The monoisotopic (exact) mass is 534 g/mol. The number of hydrogen-bond acceptors (Lipinski definition) is 4. The van der Waals surface area contributed by atoms with E-state index in [0.717, 1.165) is 17.7 Å². The van der Waals surface area contributed by atoms with Gasteiger partial charge in [0.15, 0.2) is 4.73 Å². The zero-order chi connectivity index (χ0) is 24.8. The number of aryl methyl sites for hydroxylation is 1. The molecule has 0 saturated heterocycles. The largest absolute Gasteiger partial charge is 0.418 e. The van der Waals surface area contributed by atoms with Gasteiger partial charge in [0, 0.05) is 42.1 Å². The zero-order valence-electron chi connectivity index (χ0n) is 18.3. The van der Waals surface area contributed by atoms with Crippen molar-refractivity contribution in [2.45, 2.75) is 26.1 Å². The third kappa shape index (κ3) is 4.54. The number of hydrogen-bond donors (Lipinski definition) is 1. The van der Waals surface area contributed by atoms with Crippen LogP contribution in [0.25, 0.3) is 22.0 Å². The summed E-state index contributed by atoms with van der Waals surface area (Å²) in [6.07, 6.45) is -1.59. The van der Waals surface area contributed by atoms with E-state index in [1.165, 1.54) is 4.57 Å². The number of anilines is 1. The third-order valence-corrected chi connectivity index (χ3v) is 5.98. The Labute approximate surface area is 200 Å². The maximum absolute atomic E-state index is 13.5. The van der Waals surface area contributed by atoms with Gasteiger partial charge in [-0.05, 0) is 76.6 Å². The molecule has 2 heterocycles. The highest BCUT2D eigenvalue weighted by atomic mass is 79.9. The zero-order valence-corrected chi connectivity index (χ0v) is 19.9. The number of halogens is 5. The molecule has 0 aliphatic carbocycles. The number of fused-ring (bicyclic) bond motifs is 1. The number of benzene rings is 2. The van der Waals surface area contributed by atoms with Crippen LogP contribution in [-0.2, 0) is 13.2 Å². The van der Waals surface area contributed by atoms with Gasteiger partial charge in [-0.2, -0.15) is 13.2 Å². The van der Waals surface area contributed by atoms with E-state index in [4.69, 9.17) is 0 Å². The third-order valence-electron chi connectivity index (χ3n) is 5.58. The Kier molecular flexibility index (Phi) is 6.20. The SMILES string of the molecule is Cc1cc([C@@H](C)Nc2ccc(F)cc2C(F)(F)F)c2cc(-c3cnc(Br)nc3)n(C)c(=O)c2c1. The van der Waals surface area contributed by atoms with Gasteiger partial charge >= 0.3 is 6.18 Å². The van der Waals surface area contributed by atoms with Crippen molar-refractivity contribution in [3.8, 4) is 11.3 Å². The van der Waals surface area contributed by atoms with Crippen LogP contribution < -0.4 is 10.9 Å². The summed E-state index contributed by atoms with van der Waals surface area (Å²) in [7, 11) is 1.64. The summed E-state index contributed by atoms with van der Waals surface area (Å²) < 4.78 is 55.9. The van der Waals surface area contributed by atoms with Crippen LogP contribution in [0.4, 0.5) is 23.2 Å². The summed E-state index contributed by atoms with van der Waals surface area (Å²) in [6.45, 7) is 3.50. The molecule has 1 N–H and O–H groups in total. The highest BCUT2D eigenvalue weighted by molar-refractivity contribution is 9.10. The molecule has 176 valence electrons. The Morgan fingerprint density at radius 1 is 1.06 bits per heavy atom. The topological polar surface area (TPSA) is 59.8 Å². The molecule has 5 nitrogen and oxygen atoms in total. The molecule has 0 amide bonds. The molecule has 4 rings (SSSR count). The van der Waals surface area contributed by atoms with E-state index >= 15 is 0 Å². The first kappa shape index (κ1) is 23.9. The fourth-order valence-electron chi connectivity index (χ4n) is 3.95. The Morgan fingerprint density at radius 2 is 1.74 bits per heavy atom. The van der Waals surface area contributed by atoms with E-state index in [1.807, 2.05) is 13.0 Å². The van der Waals surface area contributed by atoms with Gasteiger partial charge in [-0.25, -0.2) is 14.4 Å². The van der Waals surface area contributed by atoms with Gasteiger partial charge in [-0.3, -0.25) is 4.79 Å². The number of rotatable bonds is 4. The molecular weight excluding hydrogens is 516 g/mol. The maximum atomic E-state index is 13.5. The van der Waals surface area contributed by atoms with Crippen LogP contribution in [-0.4, -0.2) is 14.5 Å². The molecule has 0 saturated carbocycles. The average molecular weight is 535 g/mol. The van der Waals surface area contributed by atoms with E-state index in [-0.39, 0.29) is 11.2 Å². The molecule has 2 aromatic carbocycles. The molecule has 0 spiro atoms. The predicted octanol–water partition coefficient (Wildman–Crippen LogP) is 6.40. The molecule has 0 unspecified atom stereocenters. The van der Waals surface area contributed by atoms with E-state index < -0.39 is 23.6 Å². The lowest BCUT2D eigenvalue weighted by Gasteiger charge is -2.22. The highest BCUT2D eigenvalue weighted by Gasteiger charge is 2.34. The number of nitrogens with zero attached hydrogens (tertiary/aromatic N) is 3.